The summed E-state index contributed by atoms with van der Waals surface area (Å²) in [4.78, 5) is 20.6. The molecule has 0 fully saturated rings. The molecule has 2 aromatic heterocycles. The average molecular weight is 375 g/mol. The molecule has 0 spiro atoms. The van der Waals surface area contributed by atoms with Crippen LogP contribution in [0, 0.1) is 12.3 Å². The Labute approximate surface area is 147 Å². The Kier molecular flexibility index (Phi) is 4.52. The number of rotatable bonds is 4. The van der Waals surface area contributed by atoms with Gasteiger partial charge in [-0.25, -0.2) is 18.1 Å². The SMILES string of the molecule is C#CCn1c(=NC(=O)Cn2cncn2)sc2cc(S(C)(=O)=O)ccc21. The maximum atomic E-state index is 12.1. The minimum absolute atomic E-state index is 0.0428. The summed E-state index contributed by atoms with van der Waals surface area (Å²) in [6.07, 6.45) is 9.31. The van der Waals surface area contributed by atoms with E-state index in [4.69, 9.17) is 6.42 Å². The Hall–Kier alpha value is -2.77. The lowest BCUT2D eigenvalue weighted by Gasteiger charge is -2.01. The molecular weight excluding hydrogens is 362 g/mol. The molecule has 8 nitrogen and oxygen atoms in total. The second-order valence-electron chi connectivity index (χ2n) is 5.18. The molecule has 0 radical (unpaired) electrons. The topological polar surface area (TPSA) is 99.2 Å². The Balaban J connectivity index is 2.10. The Morgan fingerprint density at radius 2 is 2.24 bits per heavy atom. The summed E-state index contributed by atoms with van der Waals surface area (Å²) in [6.45, 7) is 0.173. The van der Waals surface area contributed by atoms with Gasteiger partial charge in [0.25, 0.3) is 5.91 Å². The van der Waals surface area contributed by atoms with Crippen LogP contribution in [0.5, 0.6) is 0 Å². The van der Waals surface area contributed by atoms with Gasteiger partial charge >= 0.3 is 0 Å². The molecule has 0 N–H and O–H groups in total. The molecule has 128 valence electrons. The first-order valence-electron chi connectivity index (χ1n) is 7.05. The number of hydrogen-bond acceptors (Lipinski definition) is 6. The molecule has 10 heteroatoms. The van der Waals surface area contributed by atoms with Crippen LogP contribution in [-0.4, -0.2) is 39.9 Å². The lowest BCUT2D eigenvalue weighted by atomic mass is 10.3. The molecule has 0 saturated carbocycles. The summed E-state index contributed by atoms with van der Waals surface area (Å²) < 4.78 is 27.2. The number of nitrogens with zero attached hydrogens (tertiary/aromatic N) is 5. The van der Waals surface area contributed by atoms with Gasteiger partial charge < -0.3 is 4.57 Å². The number of thiazole rings is 1. The van der Waals surface area contributed by atoms with Crippen molar-refractivity contribution in [2.45, 2.75) is 18.0 Å². The van der Waals surface area contributed by atoms with Gasteiger partial charge in [-0.2, -0.15) is 10.1 Å². The minimum Gasteiger partial charge on any atom is -0.305 e. The van der Waals surface area contributed by atoms with E-state index in [1.165, 1.54) is 34.7 Å². The maximum Gasteiger partial charge on any atom is 0.270 e. The third kappa shape index (κ3) is 3.67. The van der Waals surface area contributed by atoms with Crippen molar-refractivity contribution < 1.29 is 13.2 Å². The van der Waals surface area contributed by atoms with Crippen molar-refractivity contribution in [3.8, 4) is 12.3 Å². The van der Waals surface area contributed by atoms with Gasteiger partial charge in [0.15, 0.2) is 14.6 Å². The molecule has 1 aromatic carbocycles. The van der Waals surface area contributed by atoms with Crippen LogP contribution in [0.2, 0.25) is 0 Å². The van der Waals surface area contributed by atoms with Gasteiger partial charge in [0.2, 0.25) is 0 Å². The van der Waals surface area contributed by atoms with Crippen molar-refractivity contribution in [1.82, 2.24) is 19.3 Å². The normalized spacial score (nSPS) is 12.4. The lowest BCUT2D eigenvalue weighted by molar-refractivity contribution is -0.118. The third-order valence-electron chi connectivity index (χ3n) is 3.32. The van der Waals surface area contributed by atoms with Gasteiger partial charge in [-0.05, 0) is 18.2 Å². The minimum atomic E-state index is -3.33. The molecule has 3 rings (SSSR count). The summed E-state index contributed by atoms with van der Waals surface area (Å²) in [5.41, 5.74) is 0.725. The van der Waals surface area contributed by atoms with Crippen molar-refractivity contribution in [3.63, 3.8) is 0 Å². The molecule has 1 amide bonds. The van der Waals surface area contributed by atoms with Gasteiger partial charge in [0, 0.05) is 6.26 Å². The Morgan fingerprint density at radius 1 is 1.44 bits per heavy atom. The summed E-state index contributed by atoms with van der Waals surface area (Å²) in [6, 6.07) is 4.74. The lowest BCUT2D eigenvalue weighted by Crippen LogP contribution is -2.18. The average Bonchev–Trinajstić information content (AvgIpc) is 3.15. The van der Waals surface area contributed by atoms with Gasteiger partial charge in [-0.3, -0.25) is 4.79 Å². The number of benzene rings is 1. The predicted molar refractivity (Wildman–Crippen MR) is 92.3 cm³/mol. The smallest absolute Gasteiger partial charge is 0.270 e. The van der Waals surface area contributed by atoms with E-state index in [0.717, 1.165) is 11.8 Å². The van der Waals surface area contributed by atoms with Crippen molar-refractivity contribution in [2.24, 2.45) is 4.99 Å². The fourth-order valence-electron chi connectivity index (χ4n) is 2.21. The molecule has 2 heterocycles. The molecule has 3 aromatic rings. The van der Waals surface area contributed by atoms with E-state index in [2.05, 4.69) is 21.0 Å². The molecule has 0 unspecified atom stereocenters. The fraction of sp³-hybridized carbons (Fsp3) is 0.200. The number of sulfone groups is 1. The highest BCUT2D eigenvalue weighted by molar-refractivity contribution is 7.90. The number of carbonyl (C=O) groups excluding carboxylic acids is 1. The van der Waals surface area contributed by atoms with E-state index < -0.39 is 15.7 Å². The van der Waals surface area contributed by atoms with E-state index in [1.54, 1.807) is 16.7 Å². The van der Waals surface area contributed by atoms with Crippen molar-refractivity contribution in [3.05, 3.63) is 35.7 Å². The highest BCUT2D eigenvalue weighted by Gasteiger charge is 2.12. The van der Waals surface area contributed by atoms with E-state index in [1.807, 2.05) is 0 Å². The number of amides is 1. The number of fused-ring (bicyclic) bond motifs is 1. The monoisotopic (exact) mass is 375 g/mol. The summed E-state index contributed by atoms with van der Waals surface area (Å²) >= 11 is 1.21. The summed E-state index contributed by atoms with van der Waals surface area (Å²) in [5, 5.41) is 3.86. The third-order valence-corrected chi connectivity index (χ3v) is 5.47. The zero-order chi connectivity index (χ0) is 18.0. The standard InChI is InChI=1S/C15H13N5O3S2/c1-3-6-20-12-5-4-11(25(2,22)23)7-13(12)24-15(20)18-14(21)8-19-10-16-9-17-19/h1,4-5,7,9-10H,6,8H2,2H3. The van der Waals surface area contributed by atoms with Crippen LogP contribution in [0.1, 0.15) is 0 Å². The molecule has 0 aliphatic rings. The molecule has 25 heavy (non-hydrogen) atoms. The Morgan fingerprint density at radius 3 is 2.88 bits per heavy atom. The summed E-state index contributed by atoms with van der Waals surface area (Å²) in [5.74, 6) is 2.11. The summed E-state index contributed by atoms with van der Waals surface area (Å²) in [7, 11) is -3.33. The van der Waals surface area contributed by atoms with Gasteiger partial charge in [0.1, 0.15) is 19.2 Å². The van der Waals surface area contributed by atoms with Crippen molar-refractivity contribution >= 4 is 37.3 Å². The fourth-order valence-corrected chi connectivity index (χ4v) is 4.02. The molecule has 0 bridgehead atoms. The first-order valence-corrected chi connectivity index (χ1v) is 9.76. The highest BCUT2D eigenvalue weighted by atomic mass is 32.2. The van der Waals surface area contributed by atoms with Crippen LogP contribution in [0.25, 0.3) is 10.2 Å². The maximum absolute atomic E-state index is 12.1. The second-order valence-corrected chi connectivity index (χ2v) is 8.20. The van der Waals surface area contributed by atoms with Crippen LogP contribution in [-0.2, 0) is 27.7 Å². The number of hydrogen-bond donors (Lipinski definition) is 0. The van der Waals surface area contributed by atoms with E-state index in [9.17, 15) is 13.2 Å². The molecule has 0 aliphatic heterocycles. The first-order chi connectivity index (χ1) is 11.9. The second kappa shape index (κ2) is 6.62. The number of aromatic nitrogens is 4. The van der Waals surface area contributed by atoms with Gasteiger partial charge in [0.05, 0.1) is 21.7 Å². The van der Waals surface area contributed by atoms with Crippen LogP contribution in [0.15, 0.2) is 40.7 Å². The number of carbonyl (C=O) groups is 1. The molecule has 0 atom stereocenters. The predicted octanol–water partition coefficient (Wildman–Crippen LogP) is 0.458. The molecule has 0 saturated heterocycles. The number of terminal acetylenes is 1. The van der Waals surface area contributed by atoms with Crippen LogP contribution < -0.4 is 4.80 Å². The van der Waals surface area contributed by atoms with Gasteiger partial charge in [-0.15, -0.1) is 6.42 Å². The Bertz CT molecular complexity index is 1150. The van der Waals surface area contributed by atoms with Crippen LogP contribution in [0.4, 0.5) is 0 Å². The zero-order valence-electron chi connectivity index (χ0n) is 13.2. The van der Waals surface area contributed by atoms with Crippen LogP contribution >= 0.6 is 11.3 Å². The quantitative estimate of drug-likeness (QED) is 0.617. The van der Waals surface area contributed by atoms with Gasteiger partial charge in [-0.1, -0.05) is 17.3 Å². The molecule has 0 aliphatic carbocycles. The van der Waals surface area contributed by atoms with E-state index in [-0.39, 0.29) is 18.0 Å². The largest absolute Gasteiger partial charge is 0.305 e. The zero-order valence-corrected chi connectivity index (χ0v) is 14.8. The van der Waals surface area contributed by atoms with E-state index in [0.29, 0.717) is 9.50 Å². The van der Waals surface area contributed by atoms with Crippen molar-refractivity contribution in [1.29, 1.82) is 0 Å². The highest BCUT2D eigenvalue weighted by Crippen LogP contribution is 2.21. The van der Waals surface area contributed by atoms with Crippen LogP contribution in [0.3, 0.4) is 0 Å². The first kappa shape index (κ1) is 17.1. The molecular formula is C15H13N5O3S2. The van der Waals surface area contributed by atoms with E-state index >= 15 is 0 Å². The van der Waals surface area contributed by atoms with Crippen molar-refractivity contribution in [2.75, 3.05) is 6.26 Å².